The minimum atomic E-state index is -1.21. The molecule has 7 nitrogen and oxygen atoms in total. The molecule has 2 aromatic carbocycles. The van der Waals surface area contributed by atoms with Gasteiger partial charge in [-0.25, -0.2) is 19.0 Å². The van der Waals surface area contributed by atoms with Gasteiger partial charge in [0.1, 0.15) is 0 Å². The molecule has 0 unspecified atom stereocenters. The van der Waals surface area contributed by atoms with E-state index in [1.165, 1.54) is 0 Å². The number of halogens is 3. The Balaban J connectivity index is 0.00000212. The first kappa shape index (κ1) is 27.7. The van der Waals surface area contributed by atoms with Crippen LogP contribution in [-0.2, 0) is 0 Å². The summed E-state index contributed by atoms with van der Waals surface area (Å²) in [7, 11) is 0.500. The smallest absolute Gasteiger partial charge is 0.333 e. The largest absolute Gasteiger partial charge is 0.396 e. The highest BCUT2D eigenvalue weighted by Crippen LogP contribution is 2.26. The lowest BCUT2D eigenvalue weighted by molar-refractivity contribution is 0.0936. The lowest BCUT2D eigenvalue weighted by atomic mass is 10.1. The van der Waals surface area contributed by atoms with Crippen LogP contribution in [0, 0.1) is 18.6 Å². The number of alkyl halides is 1. The van der Waals surface area contributed by atoms with Crippen LogP contribution in [0.5, 0.6) is 0 Å². The van der Waals surface area contributed by atoms with Gasteiger partial charge in [0.25, 0.3) is 5.91 Å². The van der Waals surface area contributed by atoms with E-state index >= 15 is 0 Å². The number of aryl methyl sites for hydroxylation is 1. The number of carbonyl (C=O) groups is 2. The Morgan fingerprint density at radius 2 is 1.58 bits per heavy atom. The first-order chi connectivity index (χ1) is 14.9. The van der Waals surface area contributed by atoms with Crippen LogP contribution in [0.25, 0.3) is 0 Å². The second-order valence-corrected chi connectivity index (χ2v) is 5.69. The fourth-order valence-corrected chi connectivity index (χ4v) is 2.15. The predicted molar refractivity (Wildman–Crippen MR) is 115 cm³/mol. The second kappa shape index (κ2) is 15.6. The number of hydrogen-bond donors (Lipinski definition) is 5. The van der Waals surface area contributed by atoms with Gasteiger partial charge in [0, 0.05) is 18.8 Å². The van der Waals surface area contributed by atoms with Gasteiger partial charge in [-0.05, 0) is 37.6 Å². The molecule has 0 aliphatic rings. The minimum Gasteiger partial charge on any atom is -0.396 e. The van der Waals surface area contributed by atoms with Crippen molar-refractivity contribution in [3.63, 3.8) is 0 Å². The van der Waals surface area contributed by atoms with Crippen LogP contribution in [-0.4, -0.2) is 37.4 Å². The van der Waals surface area contributed by atoms with E-state index in [1.807, 2.05) is 20.8 Å². The normalized spacial score (nSPS) is 9.29. The molecule has 0 aliphatic heterocycles. The number of carbonyl (C=O) groups excluding carboxylic acids is 2. The van der Waals surface area contributed by atoms with Crippen molar-refractivity contribution in [1.82, 2.24) is 16.2 Å². The molecule has 10 heteroatoms. The summed E-state index contributed by atoms with van der Waals surface area (Å²) >= 11 is 0. The number of nitrogens with one attached hydrogen (secondary N) is 4. The molecule has 0 atom stereocenters. The predicted octanol–water partition coefficient (Wildman–Crippen LogP) is 3.96. The molecular weight excluding hydrogens is 413 g/mol. The van der Waals surface area contributed by atoms with Crippen molar-refractivity contribution in [1.29, 1.82) is 0 Å². The maximum Gasteiger partial charge on any atom is 0.333 e. The average molecular weight is 442 g/mol. The van der Waals surface area contributed by atoms with E-state index in [9.17, 15) is 22.8 Å². The molecule has 3 amide bonds. The number of hydrogen-bond acceptors (Lipinski definition) is 4. The van der Waals surface area contributed by atoms with Gasteiger partial charge in [-0.15, -0.1) is 0 Å². The molecule has 5 N–H and O–H groups in total. The summed E-state index contributed by atoms with van der Waals surface area (Å²) in [5, 5.41) is 13.7. The number of aliphatic hydroxyl groups excluding tert-OH is 1. The van der Waals surface area contributed by atoms with Gasteiger partial charge >= 0.3 is 6.03 Å². The second-order valence-electron chi connectivity index (χ2n) is 5.69. The summed E-state index contributed by atoms with van der Waals surface area (Å²) in [5.41, 5.74) is 5.12. The first-order valence-electron chi connectivity index (χ1n) is 9.57. The molecule has 0 saturated carbocycles. The van der Waals surface area contributed by atoms with E-state index in [0.717, 1.165) is 17.7 Å². The SMILES string of the molecule is CC.CF.Cc1ccc(Nc2c(C(=O)NNC(=O)NCCCO)ccc(F)c2F)cc1. The summed E-state index contributed by atoms with van der Waals surface area (Å²) in [6.45, 7) is 6.00. The Bertz CT molecular complexity index is 818. The number of rotatable bonds is 6. The highest BCUT2D eigenvalue weighted by molar-refractivity contribution is 6.01. The Hall–Kier alpha value is -3.27. The molecule has 2 aromatic rings. The number of aliphatic hydroxyl groups is 1. The molecular formula is C21H29F3N4O3. The highest BCUT2D eigenvalue weighted by Gasteiger charge is 2.19. The summed E-state index contributed by atoms with van der Waals surface area (Å²) in [6, 6.07) is 8.10. The molecule has 0 aromatic heterocycles. The summed E-state index contributed by atoms with van der Waals surface area (Å²) < 4.78 is 37.4. The molecule has 0 aliphatic carbocycles. The minimum absolute atomic E-state index is 0.0878. The van der Waals surface area contributed by atoms with Crippen molar-refractivity contribution in [2.45, 2.75) is 27.2 Å². The molecule has 0 bridgehead atoms. The standard InChI is InChI=1S/C18H20F2N4O3.C2H6.CH3F/c1-11-3-5-12(6-4-11)22-16-13(7-8-14(19)15(16)20)17(26)23-24-18(27)21-9-2-10-25;2*1-2/h3-8,22,25H,2,9-10H2,1H3,(H,23,26)(H2,21,24,27);1-2H3;1H3. The maximum atomic E-state index is 14.3. The third-order valence-electron chi connectivity index (χ3n) is 3.57. The van der Waals surface area contributed by atoms with Crippen LogP contribution in [0.1, 0.15) is 36.2 Å². The van der Waals surface area contributed by atoms with Gasteiger partial charge in [-0.2, -0.15) is 0 Å². The van der Waals surface area contributed by atoms with Crippen LogP contribution in [0.4, 0.5) is 29.3 Å². The lowest BCUT2D eigenvalue weighted by Gasteiger charge is -2.14. The Kier molecular flexibility index (Phi) is 13.9. The third kappa shape index (κ3) is 9.39. The zero-order valence-electron chi connectivity index (χ0n) is 18.0. The van der Waals surface area contributed by atoms with Gasteiger partial charge in [-0.3, -0.25) is 14.6 Å². The highest BCUT2D eigenvalue weighted by atomic mass is 19.2. The number of anilines is 2. The van der Waals surface area contributed by atoms with Crippen LogP contribution in [0.2, 0.25) is 0 Å². The van der Waals surface area contributed by atoms with Gasteiger partial charge in [0.2, 0.25) is 0 Å². The molecule has 0 spiro atoms. The number of amides is 3. The van der Waals surface area contributed by atoms with E-state index in [1.54, 1.807) is 24.3 Å². The van der Waals surface area contributed by atoms with Crippen LogP contribution in [0.3, 0.4) is 0 Å². The number of hydrazine groups is 1. The topological polar surface area (TPSA) is 102 Å². The summed E-state index contributed by atoms with van der Waals surface area (Å²) in [4.78, 5) is 23.8. The zero-order valence-corrected chi connectivity index (χ0v) is 18.0. The zero-order chi connectivity index (χ0) is 23.8. The summed E-state index contributed by atoms with van der Waals surface area (Å²) in [5.74, 6) is -3.16. The molecule has 31 heavy (non-hydrogen) atoms. The molecule has 0 saturated heterocycles. The van der Waals surface area contributed by atoms with Crippen molar-refractivity contribution in [2.75, 3.05) is 25.6 Å². The molecule has 0 heterocycles. The van der Waals surface area contributed by atoms with E-state index < -0.39 is 23.6 Å². The Labute approximate surface area is 180 Å². The van der Waals surface area contributed by atoms with Gasteiger partial charge < -0.3 is 15.7 Å². The van der Waals surface area contributed by atoms with Crippen molar-refractivity contribution < 1.29 is 27.9 Å². The molecule has 172 valence electrons. The van der Waals surface area contributed by atoms with Crippen molar-refractivity contribution in [3.05, 3.63) is 59.2 Å². The number of urea groups is 1. The fourth-order valence-electron chi connectivity index (χ4n) is 2.15. The van der Waals surface area contributed by atoms with E-state index in [0.29, 0.717) is 19.3 Å². The summed E-state index contributed by atoms with van der Waals surface area (Å²) in [6.07, 6.45) is 0.356. The maximum absolute atomic E-state index is 14.3. The van der Waals surface area contributed by atoms with E-state index in [2.05, 4.69) is 21.5 Å². The van der Waals surface area contributed by atoms with Crippen molar-refractivity contribution in [2.24, 2.45) is 0 Å². The average Bonchev–Trinajstić information content (AvgIpc) is 2.79. The fraction of sp³-hybridized carbons (Fsp3) is 0.333. The Morgan fingerprint density at radius 1 is 0.968 bits per heavy atom. The van der Waals surface area contributed by atoms with Crippen molar-refractivity contribution >= 4 is 23.3 Å². The first-order valence-corrected chi connectivity index (χ1v) is 9.57. The number of benzene rings is 2. The van der Waals surface area contributed by atoms with E-state index in [4.69, 9.17) is 5.11 Å². The molecule has 0 radical (unpaired) electrons. The van der Waals surface area contributed by atoms with E-state index in [-0.39, 0.29) is 24.4 Å². The van der Waals surface area contributed by atoms with Crippen molar-refractivity contribution in [3.8, 4) is 0 Å². The van der Waals surface area contributed by atoms with Gasteiger partial charge in [-0.1, -0.05) is 31.5 Å². The van der Waals surface area contributed by atoms with Gasteiger partial charge in [0.15, 0.2) is 11.6 Å². The molecule has 0 fully saturated rings. The monoisotopic (exact) mass is 442 g/mol. The van der Waals surface area contributed by atoms with Crippen LogP contribution < -0.4 is 21.5 Å². The quantitative estimate of drug-likeness (QED) is 0.345. The lowest BCUT2D eigenvalue weighted by Crippen LogP contribution is -2.47. The van der Waals surface area contributed by atoms with Crippen LogP contribution in [0.15, 0.2) is 36.4 Å². The van der Waals surface area contributed by atoms with Gasteiger partial charge in [0.05, 0.1) is 18.4 Å². The molecule has 2 rings (SSSR count). The third-order valence-corrected chi connectivity index (χ3v) is 3.57. The Morgan fingerprint density at radius 3 is 2.16 bits per heavy atom. The van der Waals surface area contributed by atoms with Crippen LogP contribution >= 0.6 is 0 Å².